The molecule has 0 atom stereocenters. The Labute approximate surface area is 138 Å². The van der Waals surface area contributed by atoms with Gasteiger partial charge >= 0.3 is 0 Å². The summed E-state index contributed by atoms with van der Waals surface area (Å²) in [4.78, 5) is 13.4. The molecule has 3 heterocycles. The Morgan fingerprint density at radius 1 is 1.08 bits per heavy atom. The molecule has 1 aromatic carbocycles. The SMILES string of the molecule is C=CCNc1nc(Nc2ccnc3ccccc23)nc2ccoc12. The molecular weight excluding hydrogens is 302 g/mol. The minimum atomic E-state index is 0.492. The molecule has 0 aliphatic heterocycles. The molecule has 2 N–H and O–H groups in total. The van der Waals surface area contributed by atoms with Gasteiger partial charge in [-0.25, -0.2) is 4.98 Å². The standard InChI is InChI=1S/C18H15N5O/c1-2-9-20-17-16-15(8-11-24-16)22-18(23-17)21-14-7-10-19-13-6-4-3-5-12(13)14/h2-8,10-11H,1,9H2,(H2,19,20,21,22,23). The summed E-state index contributed by atoms with van der Waals surface area (Å²) in [6, 6.07) is 11.6. The van der Waals surface area contributed by atoms with Crippen molar-refractivity contribution in [3.8, 4) is 0 Å². The maximum Gasteiger partial charge on any atom is 0.230 e. The van der Waals surface area contributed by atoms with Crippen molar-refractivity contribution >= 4 is 39.5 Å². The highest BCUT2D eigenvalue weighted by Gasteiger charge is 2.11. The Balaban J connectivity index is 1.77. The van der Waals surface area contributed by atoms with E-state index in [4.69, 9.17) is 4.42 Å². The van der Waals surface area contributed by atoms with Crippen LogP contribution in [0.3, 0.4) is 0 Å². The zero-order chi connectivity index (χ0) is 16.4. The smallest absolute Gasteiger partial charge is 0.230 e. The molecule has 0 saturated carbocycles. The van der Waals surface area contributed by atoms with Crippen LogP contribution >= 0.6 is 0 Å². The van der Waals surface area contributed by atoms with E-state index in [2.05, 4.69) is 32.2 Å². The Bertz CT molecular complexity index is 1020. The number of furan rings is 1. The number of rotatable bonds is 5. The highest BCUT2D eigenvalue weighted by Crippen LogP contribution is 2.27. The number of nitrogens with one attached hydrogen (secondary N) is 2. The zero-order valence-corrected chi connectivity index (χ0v) is 12.9. The number of hydrogen-bond donors (Lipinski definition) is 2. The number of anilines is 3. The number of para-hydroxylation sites is 1. The minimum Gasteiger partial charge on any atom is -0.459 e. The number of fused-ring (bicyclic) bond motifs is 2. The van der Waals surface area contributed by atoms with Crippen LogP contribution in [0.4, 0.5) is 17.5 Å². The summed E-state index contributed by atoms with van der Waals surface area (Å²) in [6.45, 7) is 4.30. The molecule has 6 nitrogen and oxygen atoms in total. The average Bonchev–Trinajstić information content (AvgIpc) is 3.09. The number of pyridine rings is 1. The molecule has 3 aromatic heterocycles. The maximum atomic E-state index is 5.46. The normalized spacial score (nSPS) is 10.8. The molecule has 0 aliphatic rings. The molecule has 4 aromatic rings. The monoisotopic (exact) mass is 317 g/mol. The molecule has 0 unspecified atom stereocenters. The fourth-order valence-electron chi connectivity index (χ4n) is 2.53. The van der Waals surface area contributed by atoms with Crippen molar-refractivity contribution in [1.29, 1.82) is 0 Å². The molecule has 0 fully saturated rings. The third-order valence-corrected chi connectivity index (χ3v) is 3.61. The van der Waals surface area contributed by atoms with Gasteiger partial charge in [-0.3, -0.25) is 4.98 Å². The van der Waals surface area contributed by atoms with Crippen LogP contribution in [0.2, 0.25) is 0 Å². The molecule has 0 bridgehead atoms. The predicted molar refractivity (Wildman–Crippen MR) is 95.5 cm³/mol. The molecule has 24 heavy (non-hydrogen) atoms. The maximum absolute atomic E-state index is 5.46. The Hall–Kier alpha value is -3.41. The summed E-state index contributed by atoms with van der Waals surface area (Å²) < 4.78 is 5.46. The van der Waals surface area contributed by atoms with E-state index >= 15 is 0 Å². The van der Waals surface area contributed by atoms with Crippen molar-refractivity contribution in [3.05, 3.63) is 61.5 Å². The number of hydrogen-bond acceptors (Lipinski definition) is 6. The molecule has 118 valence electrons. The lowest BCUT2D eigenvalue weighted by atomic mass is 10.2. The Kier molecular flexibility index (Phi) is 3.55. The molecule has 0 saturated heterocycles. The summed E-state index contributed by atoms with van der Waals surface area (Å²) in [6.07, 6.45) is 5.13. The van der Waals surface area contributed by atoms with E-state index in [0.717, 1.165) is 22.1 Å². The highest BCUT2D eigenvalue weighted by atomic mass is 16.3. The van der Waals surface area contributed by atoms with Gasteiger partial charge in [0.05, 0.1) is 17.5 Å². The van der Waals surface area contributed by atoms with Crippen molar-refractivity contribution in [2.75, 3.05) is 17.2 Å². The first kappa shape index (κ1) is 14.2. The van der Waals surface area contributed by atoms with Crippen molar-refractivity contribution < 1.29 is 4.42 Å². The van der Waals surface area contributed by atoms with E-state index in [1.54, 1.807) is 18.5 Å². The number of aromatic nitrogens is 3. The second kappa shape index (κ2) is 6.00. The van der Waals surface area contributed by atoms with Crippen LogP contribution in [0.25, 0.3) is 22.0 Å². The van der Waals surface area contributed by atoms with Gasteiger partial charge in [0.2, 0.25) is 5.95 Å². The lowest BCUT2D eigenvalue weighted by Gasteiger charge is -2.10. The first-order valence-electron chi connectivity index (χ1n) is 7.56. The van der Waals surface area contributed by atoms with E-state index in [-0.39, 0.29) is 0 Å². The quantitative estimate of drug-likeness (QED) is 0.539. The summed E-state index contributed by atoms with van der Waals surface area (Å²) in [5, 5.41) is 7.46. The van der Waals surface area contributed by atoms with Gasteiger partial charge in [0.15, 0.2) is 11.4 Å². The Morgan fingerprint density at radius 3 is 2.92 bits per heavy atom. The van der Waals surface area contributed by atoms with E-state index in [9.17, 15) is 0 Å². The molecule has 4 rings (SSSR count). The van der Waals surface area contributed by atoms with Gasteiger partial charge in [-0.15, -0.1) is 6.58 Å². The van der Waals surface area contributed by atoms with Gasteiger partial charge in [0, 0.05) is 24.2 Å². The van der Waals surface area contributed by atoms with Crippen molar-refractivity contribution in [2.45, 2.75) is 0 Å². The Morgan fingerprint density at radius 2 is 2.00 bits per heavy atom. The molecule has 0 radical (unpaired) electrons. The molecule has 0 spiro atoms. The van der Waals surface area contributed by atoms with Crippen molar-refractivity contribution in [3.63, 3.8) is 0 Å². The largest absolute Gasteiger partial charge is 0.459 e. The third-order valence-electron chi connectivity index (χ3n) is 3.61. The lowest BCUT2D eigenvalue weighted by Crippen LogP contribution is -2.05. The molecular formula is C18H15N5O. The predicted octanol–water partition coefficient (Wildman–Crippen LogP) is 4.11. The van der Waals surface area contributed by atoms with Crippen molar-refractivity contribution in [1.82, 2.24) is 15.0 Å². The minimum absolute atomic E-state index is 0.492. The average molecular weight is 317 g/mol. The summed E-state index contributed by atoms with van der Waals surface area (Å²) in [5.41, 5.74) is 3.18. The number of nitrogens with zero attached hydrogens (tertiary/aromatic N) is 3. The van der Waals surface area contributed by atoms with Crippen LogP contribution in [-0.4, -0.2) is 21.5 Å². The number of benzene rings is 1. The van der Waals surface area contributed by atoms with E-state index in [1.807, 2.05) is 36.4 Å². The van der Waals surface area contributed by atoms with Gasteiger partial charge in [0.25, 0.3) is 0 Å². The van der Waals surface area contributed by atoms with Gasteiger partial charge in [-0.05, 0) is 12.1 Å². The van der Waals surface area contributed by atoms with Gasteiger partial charge < -0.3 is 15.1 Å². The van der Waals surface area contributed by atoms with Crippen LogP contribution in [0, 0.1) is 0 Å². The summed E-state index contributed by atoms with van der Waals surface area (Å²) in [7, 11) is 0. The fraction of sp³-hybridized carbons (Fsp3) is 0.0556. The van der Waals surface area contributed by atoms with Crippen LogP contribution in [-0.2, 0) is 0 Å². The van der Waals surface area contributed by atoms with Crippen molar-refractivity contribution in [2.24, 2.45) is 0 Å². The van der Waals surface area contributed by atoms with E-state index in [0.29, 0.717) is 23.9 Å². The lowest BCUT2D eigenvalue weighted by molar-refractivity contribution is 0.615. The van der Waals surface area contributed by atoms with E-state index < -0.39 is 0 Å². The van der Waals surface area contributed by atoms with Crippen LogP contribution in [0.5, 0.6) is 0 Å². The highest BCUT2D eigenvalue weighted by molar-refractivity contribution is 5.93. The fourth-order valence-corrected chi connectivity index (χ4v) is 2.53. The van der Waals surface area contributed by atoms with Crippen LogP contribution in [0.1, 0.15) is 0 Å². The molecule has 0 aliphatic carbocycles. The van der Waals surface area contributed by atoms with E-state index in [1.165, 1.54) is 0 Å². The van der Waals surface area contributed by atoms with Gasteiger partial charge in [-0.1, -0.05) is 24.3 Å². The first-order chi connectivity index (χ1) is 11.8. The van der Waals surface area contributed by atoms with Crippen LogP contribution < -0.4 is 10.6 Å². The summed E-state index contributed by atoms with van der Waals surface area (Å²) in [5.74, 6) is 1.12. The second-order valence-electron chi connectivity index (χ2n) is 5.20. The first-order valence-corrected chi connectivity index (χ1v) is 7.56. The molecule has 0 amide bonds. The molecule has 6 heteroatoms. The van der Waals surface area contributed by atoms with Crippen LogP contribution in [0.15, 0.2) is 65.9 Å². The third kappa shape index (κ3) is 2.54. The topological polar surface area (TPSA) is 75.9 Å². The summed E-state index contributed by atoms with van der Waals surface area (Å²) >= 11 is 0. The van der Waals surface area contributed by atoms with Gasteiger partial charge in [-0.2, -0.15) is 4.98 Å². The zero-order valence-electron chi connectivity index (χ0n) is 12.9. The van der Waals surface area contributed by atoms with Gasteiger partial charge in [0.1, 0.15) is 5.52 Å². The second-order valence-corrected chi connectivity index (χ2v) is 5.20.